The van der Waals surface area contributed by atoms with Crippen LogP contribution >= 0.6 is 0 Å². The summed E-state index contributed by atoms with van der Waals surface area (Å²) in [7, 11) is 1.59. The van der Waals surface area contributed by atoms with Crippen molar-refractivity contribution in [2.24, 2.45) is 0 Å². The number of hydrogen-bond donors (Lipinski definition) is 0. The van der Waals surface area contributed by atoms with E-state index < -0.39 is 0 Å². The normalized spacial score (nSPS) is 18.0. The second kappa shape index (κ2) is 3.65. The number of rotatable bonds is 3. The van der Waals surface area contributed by atoms with Crippen LogP contribution in [0.5, 0.6) is 5.88 Å². The van der Waals surface area contributed by atoms with Crippen molar-refractivity contribution in [2.75, 3.05) is 7.11 Å². The highest BCUT2D eigenvalue weighted by atomic mass is 16.5. The Morgan fingerprint density at radius 1 is 1.53 bits per heavy atom. The summed E-state index contributed by atoms with van der Waals surface area (Å²) in [5.74, 6) is 0.835. The minimum atomic E-state index is -0.254. The van der Waals surface area contributed by atoms with Gasteiger partial charge in [0.15, 0.2) is 0 Å². The topological polar surface area (TPSA) is 39.2 Å². The molecule has 1 aliphatic carbocycles. The quantitative estimate of drug-likeness (QED) is 0.758. The van der Waals surface area contributed by atoms with Gasteiger partial charge in [-0.05, 0) is 31.4 Å². The molecule has 0 saturated heterocycles. The summed E-state index contributed by atoms with van der Waals surface area (Å²) >= 11 is 0. The van der Waals surface area contributed by atoms with Gasteiger partial charge in [0.25, 0.3) is 0 Å². The van der Waals surface area contributed by atoms with Gasteiger partial charge in [-0.3, -0.25) is 4.79 Å². The summed E-state index contributed by atoms with van der Waals surface area (Å²) in [4.78, 5) is 15.7. The van der Waals surface area contributed by atoms with E-state index in [0.717, 1.165) is 24.8 Å². The molecule has 1 aliphatic rings. The molecule has 1 aromatic rings. The minimum absolute atomic E-state index is 0.252. The number of carbonyl (C=O) groups excluding carboxylic acids is 1. The molecule has 0 N–H and O–H groups in total. The van der Waals surface area contributed by atoms with Crippen molar-refractivity contribution in [1.29, 1.82) is 0 Å². The summed E-state index contributed by atoms with van der Waals surface area (Å²) in [6.45, 7) is 1.67. The summed E-state index contributed by atoms with van der Waals surface area (Å²) in [5.41, 5.74) is 0.795. The van der Waals surface area contributed by atoms with E-state index in [1.807, 2.05) is 12.1 Å². The molecule has 0 atom stereocenters. The molecule has 1 fully saturated rings. The summed E-state index contributed by atoms with van der Waals surface area (Å²) < 4.78 is 5.08. The first kappa shape index (κ1) is 10.1. The fraction of sp³-hybridized carbons (Fsp3) is 0.500. The molecule has 2 rings (SSSR count). The van der Waals surface area contributed by atoms with E-state index in [1.165, 1.54) is 0 Å². The SMILES string of the molecule is COc1cc(C2(C(C)=O)CCC2)ccn1. The number of ketones is 1. The predicted molar refractivity (Wildman–Crippen MR) is 57.0 cm³/mol. The minimum Gasteiger partial charge on any atom is -0.481 e. The number of carbonyl (C=O) groups is 1. The summed E-state index contributed by atoms with van der Waals surface area (Å²) in [6, 6.07) is 3.80. The zero-order chi connectivity index (χ0) is 10.9. The van der Waals surface area contributed by atoms with Crippen LogP contribution in [-0.2, 0) is 10.2 Å². The van der Waals surface area contributed by atoms with Gasteiger partial charge in [-0.1, -0.05) is 6.42 Å². The van der Waals surface area contributed by atoms with E-state index in [-0.39, 0.29) is 11.2 Å². The fourth-order valence-electron chi connectivity index (χ4n) is 2.19. The molecule has 0 radical (unpaired) electrons. The average Bonchev–Trinajstić information content (AvgIpc) is 2.16. The van der Waals surface area contributed by atoms with Crippen LogP contribution in [0.25, 0.3) is 0 Å². The first-order valence-electron chi connectivity index (χ1n) is 5.20. The summed E-state index contributed by atoms with van der Waals surface area (Å²) in [5, 5.41) is 0. The van der Waals surface area contributed by atoms with Gasteiger partial charge in [0, 0.05) is 12.3 Å². The van der Waals surface area contributed by atoms with Crippen LogP contribution in [0, 0.1) is 0 Å². The van der Waals surface area contributed by atoms with E-state index in [0.29, 0.717) is 5.88 Å². The Balaban J connectivity index is 2.38. The second-order valence-electron chi connectivity index (χ2n) is 4.08. The van der Waals surface area contributed by atoms with Crippen molar-refractivity contribution in [3.63, 3.8) is 0 Å². The molecule has 80 valence electrons. The van der Waals surface area contributed by atoms with Gasteiger partial charge >= 0.3 is 0 Å². The lowest BCUT2D eigenvalue weighted by Crippen LogP contribution is -2.40. The highest BCUT2D eigenvalue weighted by molar-refractivity contribution is 5.89. The number of aromatic nitrogens is 1. The molecule has 1 saturated carbocycles. The maximum Gasteiger partial charge on any atom is 0.213 e. The predicted octanol–water partition coefficient (Wildman–Crippen LogP) is 2.10. The van der Waals surface area contributed by atoms with Crippen molar-refractivity contribution in [3.05, 3.63) is 23.9 Å². The maximum absolute atomic E-state index is 11.7. The smallest absolute Gasteiger partial charge is 0.213 e. The zero-order valence-electron chi connectivity index (χ0n) is 9.12. The van der Waals surface area contributed by atoms with Gasteiger partial charge in [0.05, 0.1) is 12.5 Å². The van der Waals surface area contributed by atoms with Gasteiger partial charge in [-0.25, -0.2) is 4.98 Å². The van der Waals surface area contributed by atoms with Gasteiger partial charge in [-0.15, -0.1) is 0 Å². The lowest BCUT2D eigenvalue weighted by atomic mass is 9.62. The van der Waals surface area contributed by atoms with E-state index in [2.05, 4.69) is 4.98 Å². The Hall–Kier alpha value is -1.38. The second-order valence-corrected chi connectivity index (χ2v) is 4.08. The number of pyridine rings is 1. The largest absolute Gasteiger partial charge is 0.481 e. The van der Waals surface area contributed by atoms with Crippen molar-refractivity contribution in [2.45, 2.75) is 31.6 Å². The van der Waals surface area contributed by atoms with E-state index in [9.17, 15) is 4.79 Å². The Kier molecular flexibility index (Phi) is 2.47. The van der Waals surface area contributed by atoms with Crippen molar-refractivity contribution < 1.29 is 9.53 Å². The van der Waals surface area contributed by atoms with Crippen LogP contribution in [-0.4, -0.2) is 17.9 Å². The molecule has 0 bridgehead atoms. The van der Waals surface area contributed by atoms with E-state index in [4.69, 9.17) is 4.74 Å². The highest BCUT2D eigenvalue weighted by Gasteiger charge is 2.43. The molecule has 0 aromatic carbocycles. The Bertz CT molecular complexity index is 383. The van der Waals surface area contributed by atoms with Gasteiger partial charge < -0.3 is 4.74 Å². The van der Waals surface area contributed by atoms with Crippen LogP contribution in [0.15, 0.2) is 18.3 Å². The number of Topliss-reactive ketones (excluding diaryl/α,β-unsaturated/α-hetero) is 1. The van der Waals surface area contributed by atoms with E-state index >= 15 is 0 Å². The molecular formula is C12H15NO2. The number of nitrogens with zero attached hydrogens (tertiary/aromatic N) is 1. The Labute approximate surface area is 89.5 Å². The van der Waals surface area contributed by atoms with Gasteiger partial charge in [-0.2, -0.15) is 0 Å². The van der Waals surface area contributed by atoms with Crippen molar-refractivity contribution in [1.82, 2.24) is 4.98 Å². The maximum atomic E-state index is 11.7. The molecule has 0 aliphatic heterocycles. The Morgan fingerprint density at radius 2 is 2.27 bits per heavy atom. The molecule has 1 aromatic heterocycles. The lowest BCUT2D eigenvalue weighted by Gasteiger charge is -2.40. The van der Waals surface area contributed by atoms with E-state index in [1.54, 1.807) is 20.2 Å². The highest BCUT2D eigenvalue weighted by Crippen LogP contribution is 2.44. The first-order chi connectivity index (χ1) is 7.19. The van der Waals surface area contributed by atoms with Crippen LogP contribution in [0.4, 0.5) is 0 Å². The third-order valence-corrected chi connectivity index (χ3v) is 3.38. The number of methoxy groups -OCH3 is 1. The number of hydrogen-bond acceptors (Lipinski definition) is 3. The molecule has 0 spiro atoms. The first-order valence-corrected chi connectivity index (χ1v) is 5.20. The zero-order valence-corrected chi connectivity index (χ0v) is 9.12. The molecule has 3 heteroatoms. The van der Waals surface area contributed by atoms with Gasteiger partial charge in [0.1, 0.15) is 5.78 Å². The molecule has 0 amide bonds. The molecule has 3 nitrogen and oxygen atoms in total. The van der Waals surface area contributed by atoms with Crippen LogP contribution in [0.2, 0.25) is 0 Å². The lowest BCUT2D eigenvalue weighted by molar-refractivity contribution is -0.125. The van der Waals surface area contributed by atoms with Crippen LogP contribution in [0.3, 0.4) is 0 Å². The number of ether oxygens (including phenoxy) is 1. The third-order valence-electron chi connectivity index (χ3n) is 3.38. The van der Waals surface area contributed by atoms with Gasteiger partial charge in [0.2, 0.25) is 5.88 Å². The van der Waals surface area contributed by atoms with Crippen molar-refractivity contribution >= 4 is 5.78 Å². The molecular weight excluding hydrogens is 190 g/mol. The average molecular weight is 205 g/mol. The Morgan fingerprint density at radius 3 is 2.73 bits per heavy atom. The summed E-state index contributed by atoms with van der Waals surface area (Å²) in [6.07, 6.45) is 4.74. The molecule has 1 heterocycles. The van der Waals surface area contributed by atoms with Crippen LogP contribution in [0.1, 0.15) is 31.7 Å². The molecule has 0 unspecified atom stereocenters. The van der Waals surface area contributed by atoms with Crippen molar-refractivity contribution in [3.8, 4) is 5.88 Å². The van der Waals surface area contributed by atoms with Crippen LogP contribution < -0.4 is 4.74 Å². The monoisotopic (exact) mass is 205 g/mol. The molecule has 15 heavy (non-hydrogen) atoms. The fourth-order valence-corrected chi connectivity index (χ4v) is 2.19. The third kappa shape index (κ3) is 1.52. The standard InChI is InChI=1S/C12H15NO2/c1-9(14)12(5-3-6-12)10-4-7-13-11(8-10)15-2/h4,7-8H,3,5-6H2,1-2H3.